The van der Waals surface area contributed by atoms with E-state index in [0.29, 0.717) is 0 Å². The van der Waals surface area contributed by atoms with Gasteiger partial charge in [0.05, 0.1) is 0 Å². The third kappa shape index (κ3) is 2.65. The molecule has 1 aliphatic rings. The van der Waals surface area contributed by atoms with E-state index in [-0.39, 0.29) is 11.6 Å². The average molecular weight is 253 g/mol. The van der Waals surface area contributed by atoms with Crippen molar-refractivity contribution >= 4 is 11.6 Å². The second kappa shape index (κ2) is 4.97. The van der Waals surface area contributed by atoms with E-state index in [2.05, 4.69) is 24.8 Å². The van der Waals surface area contributed by atoms with E-state index >= 15 is 0 Å². The maximum Gasteiger partial charge on any atom is 0.0451 e. The summed E-state index contributed by atoms with van der Waals surface area (Å²) in [5, 5.41) is 0.849. The Morgan fingerprint density at radius 1 is 1.41 bits per heavy atom. The van der Waals surface area contributed by atoms with Crippen LogP contribution in [0.5, 0.6) is 0 Å². The van der Waals surface area contributed by atoms with Gasteiger partial charge in [0, 0.05) is 23.1 Å². The van der Waals surface area contributed by atoms with E-state index in [1.807, 2.05) is 18.2 Å². The number of nitrogens with two attached hydrogens (primary N) is 1. The zero-order valence-corrected chi connectivity index (χ0v) is 11.4. The minimum absolute atomic E-state index is 0.0530. The van der Waals surface area contributed by atoms with Crippen LogP contribution >= 0.6 is 11.6 Å². The zero-order chi connectivity index (χ0) is 12.5. The normalized spacial score (nSPS) is 24.8. The first-order valence-corrected chi connectivity index (χ1v) is 6.63. The summed E-state index contributed by atoms with van der Waals surface area (Å²) >= 11 is 6.22. The van der Waals surface area contributed by atoms with Crippen molar-refractivity contribution in [3.8, 4) is 0 Å². The van der Waals surface area contributed by atoms with Crippen LogP contribution < -0.4 is 5.73 Å². The average Bonchev–Trinajstić information content (AvgIpc) is 2.28. The summed E-state index contributed by atoms with van der Waals surface area (Å²) in [6.07, 6.45) is 2.29. The monoisotopic (exact) mass is 252 g/mol. The Morgan fingerprint density at radius 3 is 2.82 bits per heavy atom. The van der Waals surface area contributed by atoms with Gasteiger partial charge in [-0.05, 0) is 44.9 Å². The summed E-state index contributed by atoms with van der Waals surface area (Å²) in [6.45, 7) is 6.45. The quantitative estimate of drug-likeness (QED) is 0.877. The van der Waals surface area contributed by atoms with Crippen molar-refractivity contribution in [2.24, 2.45) is 5.73 Å². The van der Waals surface area contributed by atoms with Crippen molar-refractivity contribution in [2.75, 3.05) is 6.54 Å². The number of nitrogens with zero attached hydrogens (tertiary/aromatic N) is 1. The van der Waals surface area contributed by atoms with E-state index < -0.39 is 0 Å². The van der Waals surface area contributed by atoms with Crippen LogP contribution in [0.3, 0.4) is 0 Å². The van der Waals surface area contributed by atoms with Crippen molar-refractivity contribution < 1.29 is 0 Å². The zero-order valence-electron chi connectivity index (χ0n) is 10.6. The van der Waals surface area contributed by atoms with Gasteiger partial charge in [0.2, 0.25) is 0 Å². The molecule has 0 radical (unpaired) electrons. The molecule has 1 heterocycles. The number of benzene rings is 1. The molecule has 1 saturated heterocycles. The fraction of sp³-hybridized carbons (Fsp3) is 0.571. The van der Waals surface area contributed by atoms with Crippen LogP contribution in [0.2, 0.25) is 5.02 Å². The predicted octanol–water partition coefficient (Wildman–Crippen LogP) is 3.04. The Labute approximate surface area is 109 Å². The first-order chi connectivity index (χ1) is 8.01. The molecule has 0 aromatic heterocycles. The molecule has 0 spiro atoms. The summed E-state index contributed by atoms with van der Waals surface area (Å²) in [4.78, 5) is 2.45. The summed E-state index contributed by atoms with van der Waals surface area (Å²) in [5.74, 6) is 0. The molecule has 0 saturated carbocycles. The molecule has 2 N–H and O–H groups in total. The Balaban J connectivity index is 2.15. The molecule has 94 valence electrons. The summed E-state index contributed by atoms with van der Waals surface area (Å²) in [5.41, 5.74) is 7.46. The lowest BCUT2D eigenvalue weighted by Crippen LogP contribution is -2.59. The van der Waals surface area contributed by atoms with Gasteiger partial charge in [0.25, 0.3) is 0 Å². The van der Waals surface area contributed by atoms with Crippen molar-refractivity contribution in [3.05, 3.63) is 34.9 Å². The molecule has 2 rings (SSSR count). The minimum Gasteiger partial charge on any atom is -0.326 e. The highest BCUT2D eigenvalue weighted by molar-refractivity contribution is 6.31. The second-order valence-corrected chi connectivity index (χ2v) is 5.82. The van der Waals surface area contributed by atoms with Gasteiger partial charge < -0.3 is 5.73 Å². The van der Waals surface area contributed by atoms with Gasteiger partial charge in [-0.3, -0.25) is 4.90 Å². The lowest BCUT2D eigenvalue weighted by atomic mass is 9.85. The first kappa shape index (κ1) is 12.9. The number of piperidine rings is 1. The molecule has 1 fully saturated rings. The smallest absolute Gasteiger partial charge is 0.0451 e. The van der Waals surface area contributed by atoms with Crippen molar-refractivity contribution in [2.45, 2.75) is 44.8 Å². The van der Waals surface area contributed by atoms with E-state index in [1.54, 1.807) is 0 Å². The van der Waals surface area contributed by atoms with Gasteiger partial charge in [0.1, 0.15) is 0 Å². The Hall–Kier alpha value is -0.570. The Bertz CT molecular complexity index is 390. The molecule has 0 aliphatic carbocycles. The maximum atomic E-state index is 6.22. The van der Waals surface area contributed by atoms with Crippen LogP contribution in [-0.2, 0) is 6.54 Å². The third-order valence-corrected chi connectivity index (χ3v) is 4.35. The summed E-state index contributed by atoms with van der Waals surface area (Å²) in [7, 11) is 0. The van der Waals surface area contributed by atoms with Gasteiger partial charge in [-0.15, -0.1) is 0 Å². The number of hydrogen-bond donors (Lipinski definition) is 1. The third-order valence-electron chi connectivity index (χ3n) is 3.98. The first-order valence-electron chi connectivity index (χ1n) is 6.26. The molecule has 17 heavy (non-hydrogen) atoms. The topological polar surface area (TPSA) is 29.3 Å². The van der Waals surface area contributed by atoms with Gasteiger partial charge in [-0.25, -0.2) is 0 Å². The molecule has 1 aliphatic heterocycles. The highest BCUT2D eigenvalue weighted by atomic mass is 35.5. The number of likely N-dealkylation sites (tertiary alicyclic amines) is 1. The van der Waals surface area contributed by atoms with Crippen LogP contribution in [-0.4, -0.2) is 23.0 Å². The van der Waals surface area contributed by atoms with E-state index in [0.717, 1.165) is 24.5 Å². The fourth-order valence-corrected chi connectivity index (χ4v) is 2.69. The van der Waals surface area contributed by atoms with Gasteiger partial charge >= 0.3 is 0 Å². The van der Waals surface area contributed by atoms with Crippen molar-refractivity contribution in [1.29, 1.82) is 0 Å². The molecule has 1 aromatic carbocycles. The summed E-state index contributed by atoms with van der Waals surface area (Å²) in [6, 6.07) is 8.31. The number of rotatable bonds is 2. The largest absolute Gasteiger partial charge is 0.326 e. The Morgan fingerprint density at radius 2 is 2.12 bits per heavy atom. The van der Waals surface area contributed by atoms with Crippen molar-refractivity contribution in [3.63, 3.8) is 0 Å². The van der Waals surface area contributed by atoms with Crippen LogP contribution in [0.25, 0.3) is 0 Å². The lowest BCUT2D eigenvalue weighted by Gasteiger charge is -2.46. The molecular formula is C14H21ClN2. The number of hydrogen-bond acceptors (Lipinski definition) is 2. The number of halogens is 1. The van der Waals surface area contributed by atoms with Crippen LogP contribution in [0.15, 0.2) is 24.3 Å². The standard InChI is InChI=1S/C14H21ClN2/c1-14(2)13(16)8-5-9-17(14)10-11-6-3-4-7-12(11)15/h3-4,6-7,13H,5,8-10,16H2,1-2H3. The minimum atomic E-state index is 0.0530. The molecule has 1 aromatic rings. The Kier molecular flexibility index (Phi) is 3.76. The maximum absolute atomic E-state index is 6.22. The van der Waals surface area contributed by atoms with Crippen LogP contribution in [0.1, 0.15) is 32.3 Å². The van der Waals surface area contributed by atoms with Crippen LogP contribution in [0, 0.1) is 0 Å². The van der Waals surface area contributed by atoms with Gasteiger partial charge in [0.15, 0.2) is 0 Å². The highest BCUT2D eigenvalue weighted by Gasteiger charge is 2.36. The fourth-order valence-electron chi connectivity index (χ4n) is 2.49. The molecule has 0 bridgehead atoms. The van der Waals surface area contributed by atoms with Gasteiger partial charge in [-0.1, -0.05) is 29.8 Å². The van der Waals surface area contributed by atoms with Crippen LogP contribution in [0.4, 0.5) is 0 Å². The second-order valence-electron chi connectivity index (χ2n) is 5.42. The van der Waals surface area contributed by atoms with Gasteiger partial charge in [-0.2, -0.15) is 0 Å². The van der Waals surface area contributed by atoms with E-state index in [4.69, 9.17) is 17.3 Å². The van der Waals surface area contributed by atoms with E-state index in [9.17, 15) is 0 Å². The summed E-state index contributed by atoms with van der Waals surface area (Å²) < 4.78 is 0. The molecule has 2 nitrogen and oxygen atoms in total. The molecule has 1 unspecified atom stereocenters. The SMILES string of the molecule is CC1(C)C(N)CCCN1Cc1ccccc1Cl. The highest BCUT2D eigenvalue weighted by Crippen LogP contribution is 2.29. The predicted molar refractivity (Wildman–Crippen MR) is 73.2 cm³/mol. The van der Waals surface area contributed by atoms with E-state index in [1.165, 1.54) is 12.0 Å². The molecular weight excluding hydrogens is 232 g/mol. The lowest BCUT2D eigenvalue weighted by molar-refractivity contribution is 0.0502. The molecule has 3 heteroatoms. The molecule has 1 atom stereocenters. The molecule has 0 amide bonds. The van der Waals surface area contributed by atoms with Crippen molar-refractivity contribution in [1.82, 2.24) is 4.90 Å².